The Morgan fingerprint density at radius 3 is 2.14 bits per heavy atom. The molecule has 0 heterocycles. The van der Waals surface area contributed by atoms with Gasteiger partial charge < -0.3 is 19.5 Å². The van der Waals surface area contributed by atoms with E-state index in [4.69, 9.17) is 14.2 Å². The summed E-state index contributed by atoms with van der Waals surface area (Å²) in [6.45, 7) is 4.55. The molecule has 0 aromatic rings. The number of rotatable bonds is 11. The van der Waals surface area contributed by atoms with Crippen molar-refractivity contribution in [1.29, 1.82) is 0 Å². The summed E-state index contributed by atoms with van der Waals surface area (Å²) in [6, 6.07) is 0. The van der Waals surface area contributed by atoms with Crippen LogP contribution in [-0.4, -0.2) is 53.7 Å². The average molecular weight is 205 g/mol. The third-order valence-electron chi connectivity index (χ3n) is 1.77. The van der Waals surface area contributed by atoms with Gasteiger partial charge in [0.1, 0.15) is 0 Å². The Labute approximate surface area is 86.9 Å². The molecule has 0 fully saturated rings. The second-order valence-electron chi connectivity index (χ2n) is 3.03. The molecule has 0 aromatic heterocycles. The summed E-state index contributed by atoms with van der Waals surface area (Å²) in [5.41, 5.74) is 0. The smallest absolute Gasteiger partial charge is 0.0701 e. The van der Waals surface area contributed by atoms with Crippen LogP contribution in [0.1, 0.15) is 12.8 Å². The Balaban J connectivity index is 2.78. The van der Waals surface area contributed by atoms with E-state index < -0.39 is 0 Å². The lowest BCUT2D eigenvalue weighted by Gasteiger charge is -2.05. The third kappa shape index (κ3) is 11.8. The minimum absolute atomic E-state index is 0.652. The molecular weight excluding hydrogens is 182 g/mol. The van der Waals surface area contributed by atoms with Gasteiger partial charge >= 0.3 is 0 Å². The van der Waals surface area contributed by atoms with Gasteiger partial charge in [0.15, 0.2) is 0 Å². The highest BCUT2D eigenvalue weighted by Crippen LogP contribution is 1.88. The van der Waals surface area contributed by atoms with Crippen LogP contribution in [0.4, 0.5) is 0 Å². The molecule has 4 nitrogen and oxygen atoms in total. The van der Waals surface area contributed by atoms with Crippen LogP contribution in [0.15, 0.2) is 0 Å². The first-order valence-corrected chi connectivity index (χ1v) is 5.21. The van der Waals surface area contributed by atoms with Gasteiger partial charge in [-0.15, -0.1) is 0 Å². The molecule has 0 aliphatic heterocycles. The zero-order chi connectivity index (χ0) is 10.5. The van der Waals surface area contributed by atoms with Crippen molar-refractivity contribution in [1.82, 2.24) is 5.32 Å². The summed E-state index contributed by atoms with van der Waals surface area (Å²) in [7, 11) is 3.63. The van der Waals surface area contributed by atoms with Crippen LogP contribution < -0.4 is 5.32 Å². The molecule has 0 aromatic carbocycles. The zero-order valence-electron chi connectivity index (χ0n) is 9.38. The lowest BCUT2D eigenvalue weighted by molar-refractivity contribution is 0.0241. The van der Waals surface area contributed by atoms with E-state index in [0.29, 0.717) is 26.4 Å². The molecule has 0 bridgehead atoms. The number of unbranched alkanes of at least 4 members (excludes halogenated alkanes) is 1. The number of ether oxygens (including phenoxy) is 3. The highest BCUT2D eigenvalue weighted by Gasteiger charge is 1.90. The first-order valence-electron chi connectivity index (χ1n) is 5.21. The number of hydrogen-bond donors (Lipinski definition) is 1. The van der Waals surface area contributed by atoms with Crippen molar-refractivity contribution in [2.45, 2.75) is 12.8 Å². The monoisotopic (exact) mass is 205 g/mol. The van der Waals surface area contributed by atoms with E-state index in [1.54, 1.807) is 7.11 Å². The van der Waals surface area contributed by atoms with Gasteiger partial charge in [0.2, 0.25) is 0 Å². The van der Waals surface area contributed by atoms with Gasteiger partial charge in [-0.25, -0.2) is 0 Å². The molecule has 1 N–H and O–H groups in total. The summed E-state index contributed by atoms with van der Waals surface area (Å²) < 4.78 is 15.4. The van der Waals surface area contributed by atoms with Crippen molar-refractivity contribution < 1.29 is 14.2 Å². The van der Waals surface area contributed by atoms with Crippen molar-refractivity contribution in [3.63, 3.8) is 0 Å². The fourth-order valence-corrected chi connectivity index (χ4v) is 0.970. The van der Waals surface area contributed by atoms with Gasteiger partial charge in [0.05, 0.1) is 26.4 Å². The maximum absolute atomic E-state index is 5.37. The van der Waals surface area contributed by atoms with E-state index in [-0.39, 0.29) is 0 Å². The molecule has 0 rings (SSSR count). The first kappa shape index (κ1) is 13.8. The van der Waals surface area contributed by atoms with Crippen molar-refractivity contribution in [3.05, 3.63) is 0 Å². The summed E-state index contributed by atoms with van der Waals surface area (Å²) in [4.78, 5) is 0. The molecule has 4 heteroatoms. The molecule has 0 radical (unpaired) electrons. The fourth-order valence-electron chi connectivity index (χ4n) is 0.970. The van der Waals surface area contributed by atoms with Crippen molar-refractivity contribution in [2.24, 2.45) is 0 Å². The van der Waals surface area contributed by atoms with Crippen LogP contribution in [-0.2, 0) is 14.2 Å². The van der Waals surface area contributed by atoms with E-state index in [9.17, 15) is 0 Å². The molecule has 86 valence electrons. The van der Waals surface area contributed by atoms with Gasteiger partial charge in [0, 0.05) is 13.7 Å². The van der Waals surface area contributed by atoms with E-state index in [2.05, 4.69) is 5.32 Å². The minimum atomic E-state index is 0.652. The Morgan fingerprint density at radius 2 is 1.50 bits per heavy atom. The average Bonchev–Trinajstić information content (AvgIpc) is 2.21. The Bertz CT molecular complexity index is 89.4. The Morgan fingerprint density at radius 1 is 0.857 bits per heavy atom. The second kappa shape index (κ2) is 12.8. The zero-order valence-corrected chi connectivity index (χ0v) is 9.38. The van der Waals surface area contributed by atoms with Crippen molar-refractivity contribution >= 4 is 0 Å². The van der Waals surface area contributed by atoms with Crippen molar-refractivity contribution in [3.8, 4) is 0 Å². The second-order valence-corrected chi connectivity index (χ2v) is 3.03. The van der Waals surface area contributed by atoms with E-state index in [1.807, 2.05) is 7.05 Å². The molecule has 0 aliphatic rings. The molecule has 0 amide bonds. The molecule has 0 aliphatic carbocycles. The number of nitrogens with one attached hydrogen (secondary N) is 1. The van der Waals surface area contributed by atoms with Crippen LogP contribution in [0.2, 0.25) is 0 Å². The summed E-state index contributed by atoms with van der Waals surface area (Å²) in [5, 5.41) is 3.10. The molecule has 0 saturated carbocycles. The fraction of sp³-hybridized carbons (Fsp3) is 1.00. The standard InChI is InChI=1S/C10H23NO3/c1-11-5-3-4-6-13-9-10-14-8-7-12-2/h11H,3-10H2,1-2H3. The SMILES string of the molecule is CNCCCCOCCOCCOC. The van der Waals surface area contributed by atoms with Gasteiger partial charge in [-0.2, -0.15) is 0 Å². The lowest BCUT2D eigenvalue weighted by atomic mass is 10.3. The van der Waals surface area contributed by atoms with E-state index >= 15 is 0 Å². The van der Waals surface area contributed by atoms with Crippen LogP contribution in [0.25, 0.3) is 0 Å². The third-order valence-corrected chi connectivity index (χ3v) is 1.77. The molecule has 0 unspecified atom stereocenters. The van der Waals surface area contributed by atoms with Gasteiger partial charge in [-0.3, -0.25) is 0 Å². The van der Waals surface area contributed by atoms with Crippen LogP contribution in [0.5, 0.6) is 0 Å². The van der Waals surface area contributed by atoms with E-state index in [0.717, 1.165) is 19.6 Å². The summed E-state index contributed by atoms with van der Waals surface area (Å²) >= 11 is 0. The maximum Gasteiger partial charge on any atom is 0.0701 e. The van der Waals surface area contributed by atoms with Gasteiger partial charge in [-0.05, 0) is 26.4 Å². The number of methoxy groups -OCH3 is 1. The number of hydrogen-bond acceptors (Lipinski definition) is 4. The predicted octanol–water partition coefficient (Wildman–Crippen LogP) is 0.666. The van der Waals surface area contributed by atoms with Crippen LogP contribution in [0, 0.1) is 0 Å². The quantitative estimate of drug-likeness (QED) is 0.503. The highest BCUT2D eigenvalue weighted by atomic mass is 16.5. The Hall–Kier alpha value is -0.160. The van der Waals surface area contributed by atoms with E-state index in [1.165, 1.54) is 6.42 Å². The van der Waals surface area contributed by atoms with Crippen LogP contribution >= 0.6 is 0 Å². The molecule has 0 spiro atoms. The maximum atomic E-state index is 5.37. The van der Waals surface area contributed by atoms with Crippen molar-refractivity contribution in [2.75, 3.05) is 53.7 Å². The first-order chi connectivity index (χ1) is 6.91. The molecule has 0 atom stereocenters. The van der Waals surface area contributed by atoms with Gasteiger partial charge in [0.25, 0.3) is 0 Å². The topological polar surface area (TPSA) is 39.7 Å². The van der Waals surface area contributed by atoms with Crippen LogP contribution in [0.3, 0.4) is 0 Å². The largest absolute Gasteiger partial charge is 0.382 e. The normalized spacial score (nSPS) is 10.7. The highest BCUT2D eigenvalue weighted by molar-refractivity contribution is 4.41. The molecule has 0 saturated heterocycles. The predicted molar refractivity (Wildman–Crippen MR) is 56.7 cm³/mol. The van der Waals surface area contributed by atoms with Gasteiger partial charge in [-0.1, -0.05) is 0 Å². The molecule has 14 heavy (non-hydrogen) atoms. The summed E-state index contributed by atoms with van der Waals surface area (Å²) in [6.07, 6.45) is 2.28. The summed E-state index contributed by atoms with van der Waals surface area (Å²) in [5.74, 6) is 0. The minimum Gasteiger partial charge on any atom is -0.382 e. The Kier molecular flexibility index (Phi) is 12.7. The molecular formula is C10H23NO3. The lowest BCUT2D eigenvalue weighted by Crippen LogP contribution is -2.11.